The topological polar surface area (TPSA) is 17.1 Å². The van der Waals surface area contributed by atoms with Crippen LogP contribution in [0.15, 0.2) is 24.3 Å². The molecule has 1 aromatic carbocycles. The van der Waals surface area contributed by atoms with Gasteiger partial charge in [-0.2, -0.15) is 0 Å². The number of carbonyl (C=O) groups is 1. The minimum atomic E-state index is 0.153. The van der Waals surface area contributed by atoms with Gasteiger partial charge < -0.3 is 0 Å². The zero-order chi connectivity index (χ0) is 10.6. The summed E-state index contributed by atoms with van der Waals surface area (Å²) < 4.78 is 1.24. The molecule has 76 valence electrons. The summed E-state index contributed by atoms with van der Waals surface area (Å²) in [5.74, 6) is 0.503. The van der Waals surface area contributed by atoms with Gasteiger partial charge in [-0.15, -0.1) is 0 Å². The average molecular weight is 302 g/mol. The first kappa shape index (κ1) is 11.7. The molecule has 0 bridgehead atoms. The van der Waals surface area contributed by atoms with Crippen LogP contribution in [0.4, 0.5) is 0 Å². The van der Waals surface area contributed by atoms with Gasteiger partial charge in [0.25, 0.3) is 0 Å². The molecule has 1 rings (SSSR count). The van der Waals surface area contributed by atoms with E-state index in [4.69, 9.17) is 0 Å². The van der Waals surface area contributed by atoms with Gasteiger partial charge in [0.05, 0.1) is 0 Å². The van der Waals surface area contributed by atoms with Crippen molar-refractivity contribution in [2.24, 2.45) is 5.92 Å². The molecule has 0 amide bonds. The van der Waals surface area contributed by atoms with Crippen LogP contribution in [-0.2, 0) is 11.2 Å². The molecule has 0 saturated carbocycles. The maximum absolute atomic E-state index is 11.4. The van der Waals surface area contributed by atoms with Crippen molar-refractivity contribution in [2.45, 2.75) is 26.7 Å². The van der Waals surface area contributed by atoms with E-state index in [1.54, 1.807) is 0 Å². The van der Waals surface area contributed by atoms with Crippen molar-refractivity contribution in [2.75, 3.05) is 0 Å². The normalized spacial score (nSPS) is 12.5. The Hall–Kier alpha value is -0.380. The van der Waals surface area contributed by atoms with Gasteiger partial charge in [-0.3, -0.25) is 4.79 Å². The second-order valence-electron chi connectivity index (χ2n) is 3.55. The number of carbonyl (C=O) groups excluding carboxylic acids is 1. The van der Waals surface area contributed by atoms with Crippen molar-refractivity contribution >= 4 is 28.4 Å². The summed E-state index contributed by atoms with van der Waals surface area (Å²) in [6.45, 7) is 3.93. The average Bonchev–Trinajstić information content (AvgIpc) is 2.20. The monoisotopic (exact) mass is 302 g/mol. The van der Waals surface area contributed by atoms with Crippen LogP contribution in [0, 0.1) is 9.49 Å². The molecule has 0 saturated heterocycles. The zero-order valence-corrected chi connectivity index (χ0v) is 10.7. The Morgan fingerprint density at radius 2 is 1.93 bits per heavy atom. The summed E-state index contributed by atoms with van der Waals surface area (Å²) in [4.78, 5) is 11.4. The first-order valence-corrected chi connectivity index (χ1v) is 5.98. The minimum absolute atomic E-state index is 0.153. The molecule has 0 heterocycles. The molecule has 0 N–H and O–H groups in total. The summed E-state index contributed by atoms with van der Waals surface area (Å²) >= 11 is 2.28. The van der Waals surface area contributed by atoms with E-state index >= 15 is 0 Å². The quantitative estimate of drug-likeness (QED) is 0.779. The Morgan fingerprint density at radius 3 is 2.43 bits per heavy atom. The van der Waals surface area contributed by atoms with Gasteiger partial charge >= 0.3 is 0 Å². The Bertz CT molecular complexity index is 303. The summed E-state index contributed by atoms with van der Waals surface area (Å²) in [7, 11) is 0. The van der Waals surface area contributed by atoms with Crippen molar-refractivity contribution in [1.82, 2.24) is 0 Å². The highest BCUT2D eigenvalue weighted by Gasteiger charge is 2.10. The number of ketones is 1. The van der Waals surface area contributed by atoms with Crippen molar-refractivity contribution < 1.29 is 4.79 Å². The maximum Gasteiger partial charge on any atom is 0.135 e. The summed E-state index contributed by atoms with van der Waals surface area (Å²) in [5, 5.41) is 0. The molecule has 1 nitrogen and oxygen atoms in total. The van der Waals surface area contributed by atoms with Crippen LogP contribution in [-0.4, -0.2) is 5.78 Å². The van der Waals surface area contributed by atoms with Crippen LogP contribution in [0.1, 0.15) is 25.8 Å². The highest BCUT2D eigenvalue weighted by Crippen LogP contribution is 2.12. The number of benzene rings is 1. The highest BCUT2D eigenvalue weighted by molar-refractivity contribution is 14.1. The third kappa shape index (κ3) is 3.40. The number of hydrogen-bond donors (Lipinski definition) is 0. The molecular weight excluding hydrogens is 287 g/mol. The second kappa shape index (κ2) is 5.49. The zero-order valence-electron chi connectivity index (χ0n) is 8.59. The molecular formula is C12H15IO. The SMILES string of the molecule is CCC(=O)C(C)Cc1ccc(I)cc1. The smallest absolute Gasteiger partial charge is 0.135 e. The second-order valence-corrected chi connectivity index (χ2v) is 4.80. The van der Waals surface area contributed by atoms with E-state index in [-0.39, 0.29) is 5.92 Å². The summed E-state index contributed by atoms with van der Waals surface area (Å²) in [6.07, 6.45) is 1.51. The van der Waals surface area contributed by atoms with Crippen LogP contribution >= 0.6 is 22.6 Å². The molecule has 14 heavy (non-hydrogen) atoms. The molecule has 0 aliphatic carbocycles. The molecule has 2 heteroatoms. The molecule has 0 spiro atoms. The summed E-state index contributed by atoms with van der Waals surface area (Å²) in [5.41, 5.74) is 1.25. The standard InChI is InChI=1S/C12H15IO/c1-3-12(14)9(2)8-10-4-6-11(13)7-5-10/h4-7,9H,3,8H2,1-2H3. The van der Waals surface area contributed by atoms with Gasteiger partial charge in [-0.1, -0.05) is 26.0 Å². The van der Waals surface area contributed by atoms with E-state index in [2.05, 4.69) is 46.9 Å². The van der Waals surface area contributed by atoms with E-state index < -0.39 is 0 Å². The van der Waals surface area contributed by atoms with Crippen molar-refractivity contribution in [3.05, 3.63) is 33.4 Å². The fourth-order valence-electron chi connectivity index (χ4n) is 1.44. The van der Waals surface area contributed by atoms with E-state index in [1.165, 1.54) is 9.13 Å². The minimum Gasteiger partial charge on any atom is -0.299 e. The van der Waals surface area contributed by atoms with Crippen molar-refractivity contribution in [1.29, 1.82) is 0 Å². The molecule has 1 atom stereocenters. The molecule has 0 fully saturated rings. The Morgan fingerprint density at radius 1 is 1.36 bits per heavy atom. The van der Waals surface area contributed by atoms with E-state index in [1.807, 2.05) is 13.8 Å². The Labute approximate surface area is 99.0 Å². The Kier molecular flexibility index (Phi) is 4.58. The number of hydrogen-bond acceptors (Lipinski definition) is 1. The summed E-state index contributed by atoms with van der Waals surface area (Å²) in [6, 6.07) is 8.36. The van der Waals surface area contributed by atoms with Crippen LogP contribution < -0.4 is 0 Å². The lowest BCUT2D eigenvalue weighted by atomic mass is 9.96. The van der Waals surface area contributed by atoms with Gasteiger partial charge in [0, 0.05) is 15.9 Å². The predicted molar refractivity (Wildman–Crippen MR) is 67.3 cm³/mol. The lowest BCUT2D eigenvalue weighted by molar-refractivity contribution is -0.122. The molecule has 0 aromatic heterocycles. The Balaban J connectivity index is 2.60. The van der Waals surface area contributed by atoms with Gasteiger partial charge in [-0.05, 0) is 46.7 Å². The first-order valence-electron chi connectivity index (χ1n) is 4.90. The third-order valence-electron chi connectivity index (χ3n) is 2.35. The van der Waals surface area contributed by atoms with Crippen LogP contribution in [0.3, 0.4) is 0 Å². The number of halogens is 1. The first-order chi connectivity index (χ1) is 6.63. The molecule has 0 radical (unpaired) electrons. The van der Waals surface area contributed by atoms with Crippen LogP contribution in [0.2, 0.25) is 0 Å². The largest absolute Gasteiger partial charge is 0.299 e. The van der Waals surface area contributed by atoms with E-state index in [9.17, 15) is 4.79 Å². The van der Waals surface area contributed by atoms with Gasteiger partial charge in [-0.25, -0.2) is 0 Å². The maximum atomic E-state index is 11.4. The van der Waals surface area contributed by atoms with Crippen molar-refractivity contribution in [3.8, 4) is 0 Å². The van der Waals surface area contributed by atoms with Crippen molar-refractivity contribution in [3.63, 3.8) is 0 Å². The van der Waals surface area contributed by atoms with E-state index in [0.717, 1.165) is 6.42 Å². The molecule has 1 aromatic rings. The van der Waals surface area contributed by atoms with E-state index in [0.29, 0.717) is 12.2 Å². The lowest BCUT2D eigenvalue weighted by Gasteiger charge is -2.08. The molecule has 1 unspecified atom stereocenters. The number of Topliss-reactive ketones (excluding diaryl/α,β-unsaturated/α-hetero) is 1. The third-order valence-corrected chi connectivity index (χ3v) is 3.07. The fraction of sp³-hybridized carbons (Fsp3) is 0.417. The van der Waals surface area contributed by atoms with Crippen LogP contribution in [0.5, 0.6) is 0 Å². The van der Waals surface area contributed by atoms with Gasteiger partial charge in [0.15, 0.2) is 0 Å². The fourth-order valence-corrected chi connectivity index (χ4v) is 1.80. The molecule has 0 aliphatic heterocycles. The lowest BCUT2D eigenvalue weighted by Crippen LogP contribution is -2.12. The van der Waals surface area contributed by atoms with Crippen LogP contribution in [0.25, 0.3) is 0 Å². The number of rotatable bonds is 4. The molecule has 0 aliphatic rings. The van der Waals surface area contributed by atoms with Gasteiger partial charge in [0.2, 0.25) is 0 Å². The predicted octanol–water partition coefficient (Wildman–Crippen LogP) is 3.45. The highest BCUT2D eigenvalue weighted by atomic mass is 127. The van der Waals surface area contributed by atoms with Gasteiger partial charge in [0.1, 0.15) is 5.78 Å².